The van der Waals surface area contributed by atoms with Gasteiger partial charge in [0.05, 0.1) is 0 Å². The summed E-state index contributed by atoms with van der Waals surface area (Å²) in [5, 5.41) is 0. The van der Waals surface area contributed by atoms with Crippen molar-refractivity contribution in [2.24, 2.45) is 5.73 Å². The van der Waals surface area contributed by atoms with Crippen LogP contribution >= 0.6 is 0 Å². The minimum atomic E-state index is -0.476. The second kappa shape index (κ2) is 3.61. The Morgan fingerprint density at radius 2 is 2.08 bits per heavy atom. The number of hydrogen-bond acceptors (Lipinski definition) is 3. The van der Waals surface area contributed by atoms with Gasteiger partial charge in [-0.05, 0) is 13.0 Å². The number of primary amides is 1. The Morgan fingerprint density at radius 3 is 2.58 bits per heavy atom. The Morgan fingerprint density at radius 1 is 1.50 bits per heavy atom. The third-order valence-corrected chi connectivity index (χ3v) is 1.24. The minimum absolute atomic E-state index is 0.476. The monoisotopic (exact) mass is 163 g/mol. The molecule has 0 aromatic carbocycles. The van der Waals surface area contributed by atoms with Crippen LogP contribution in [0.25, 0.3) is 6.08 Å². The van der Waals surface area contributed by atoms with Crippen molar-refractivity contribution in [3.05, 3.63) is 29.9 Å². The van der Waals surface area contributed by atoms with Gasteiger partial charge in [0.1, 0.15) is 5.82 Å². The fourth-order valence-corrected chi connectivity index (χ4v) is 0.667. The zero-order chi connectivity index (χ0) is 8.97. The maximum atomic E-state index is 10.3. The van der Waals surface area contributed by atoms with E-state index in [1.54, 1.807) is 25.4 Å². The molecule has 0 fully saturated rings. The van der Waals surface area contributed by atoms with Crippen LogP contribution in [0.15, 0.2) is 18.5 Å². The summed E-state index contributed by atoms with van der Waals surface area (Å²) < 4.78 is 0. The third kappa shape index (κ3) is 2.49. The predicted molar refractivity (Wildman–Crippen MR) is 45.0 cm³/mol. The number of aryl methyl sites for hydroxylation is 1. The van der Waals surface area contributed by atoms with Crippen LogP contribution in [0.4, 0.5) is 0 Å². The van der Waals surface area contributed by atoms with Gasteiger partial charge in [0.15, 0.2) is 0 Å². The molecule has 62 valence electrons. The van der Waals surface area contributed by atoms with Gasteiger partial charge < -0.3 is 5.73 Å². The first kappa shape index (κ1) is 8.39. The van der Waals surface area contributed by atoms with Gasteiger partial charge >= 0.3 is 0 Å². The van der Waals surface area contributed by atoms with E-state index in [0.29, 0.717) is 5.82 Å². The molecule has 0 saturated carbocycles. The number of rotatable bonds is 2. The second-order valence-electron chi connectivity index (χ2n) is 2.30. The topological polar surface area (TPSA) is 68.9 Å². The lowest BCUT2D eigenvalue weighted by atomic mass is 10.3. The van der Waals surface area contributed by atoms with E-state index in [0.717, 1.165) is 5.56 Å². The molecule has 0 bridgehead atoms. The molecule has 0 aliphatic carbocycles. The highest BCUT2D eigenvalue weighted by Crippen LogP contribution is 1.97. The summed E-state index contributed by atoms with van der Waals surface area (Å²) in [6.07, 6.45) is 6.10. The zero-order valence-electron chi connectivity index (χ0n) is 6.69. The Labute approximate surface area is 70.1 Å². The van der Waals surface area contributed by atoms with E-state index < -0.39 is 5.91 Å². The number of carbonyl (C=O) groups excluding carboxylic acids is 1. The molecule has 4 nitrogen and oxygen atoms in total. The maximum Gasteiger partial charge on any atom is 0.241 e. The maximum absolute atomic E-state index is 10.3. The summed E-state index contributed by atoms with van der Waals surface area (Å²) >= 11 is 0. The van der Waals surface area contributed by atoms with Crippen LogP contribution in [-0.4, -0.2) is 15.9 Å². The number of aromatic nitrogens is 2. The summed E-state index contributed by atoms with van der Waals surface area (Å²) in [4.78, 5) is 18.2. The Bertz CT molecular complexity index is 303. The van der Waals surface area contributed by atoms with Gasteiger partial charge in [-0.25, -0.2) is 9.97 Å². The van der Waals surface area contributed by atoms with Gasteiger partial charge in [-0.1, -0.05) is 0 Å². The quantitative estimate of drug-likeness (QED) is 0.637. The second-order valence-corrected chi connectivity index (χ2v) is 2.30. The summed E-state index contributed by atoms with van der Waals surface area (Å²) in [5.74, 6) is 0.224. The first-order valence-electron chi connectivity index (χ1n) is 3.44. The summed E-state index contributed by atoms with van der Waals surface area (Å²) in [5.41, 5.74) is 5.67. The number of nitrogens with two attached hydrogens (primary N) is 1. The van der Waals surface area contributed by atoms with Crippen molar-refractivity contribution in [3.63, 3.8) is 0 Å². The van der Waals surface area contributed by atoms with Crippen molar-refractivity contribution in [1.82, 2.24) is 9.97 Å². The van der Waals surface area contributed by atoms with E-state index in [1.165, 1.54) is 6.08 Å². The molecule has 1 amide bonds. The lowest BCUT2D eigenvalue weighted by Crippen LogP contribution is -2.05. The fraction of sp³-hybridized carbons (Fsp3) is 0.125. The third-order valence-electron chi connectivity index (χ3n) is 1.24. The lowest BCUT2D eigenvalue weighted by molar-refractivity contribution is -0.113. The molecule has 0 radical (unpaired) electrons. The number of nitrogens with zero attached hydrogens (tertiary/aromatic N) is 2. The highest BCUT2D eigenvalue weighted by molar-refractivity contribution is 5.90. The fourth-order valence-electron chi connectivity index (χ4n) is 0.667. The van der Waals surface area contributed by atoms with Crippen molar-refractivity contribution in [2.75, 3.05) is 0 Å². The predicted octanol–water partition coefficient (Wildman–Crippen LogP) is 0.284. The molecule has 0 saturated heterocycles. The largest absolute Gasteiger partial charge is 0.366 e. The molecule has 1 rings (SSSR count). The Balaban J connectivity index is 2.77. The van der Waals surface area contributed by atoms with Crippen molar-refractivity contribution < 1.29 is 4.79 Å². The van der Waals surface area contributed by atoms with Crippen LogP contribution in [0.3, 0.4) is 0 Å². The Hall–Kier alpha value is -1.71. The van der Waals surface area contributed by atoms with Gasteiger partial charge in [0.2, 0.25) is 5.91 Å². The smallest absolute Gasteiger partial charge is 0.241 e. The molecule has 0 spiro atoms. The molecule has 4 heteroatoms. The van der Waals surface area contributed by atoms with Crippen LogP contribution in [0.5, 0.6) is 0 Å². The van der Waals surface area contributed by atoms with Gasteiger partial charge in [-0.2, -0.15) is 0 Å². The average molecular weight is 163 g/mol. The van der Waals surface area contributed by atoms with E-state index >= 15 is 0 Å². The SMILES string of the molecule is Cc1ncc(C=CC(N)=O)cn1. The van der Waals surface area contributed by atoms with Crippen molar-refractivity contribution in [3.8, 4) is 0 Å². The molecule has 1 aromatic heterocycles. The van der Waals surface area contributed by atoms with Crippen LogP contribution < -0.4 is 5.73 Å². The van der Waals surface area contributed by atoms with Gasteiger partial charge in [0.25, 0.3) is 0 Å². The molecule has 0 aliphatic rings. The number of amides is 1. The molecule has 0 unspecified atom stereocenters. The zero-order valence-corrected chi connectivity index (χ0v) is 6.69. The van der Waals surface area contributed by atoms with Gasteiger partial charge in [0, 0.05) is 24.0 Å². The summed E-state index contributed by atoms with van der Waals surface area (Å²) in [6.45, 7) is 1.79. The van der Waals surface area contributed by atoms with Crippen molar-refractivity contribution >= 4 is 12.0 Å². The first-order chi connectivity index (χ1) is 5.68. The van der Waals surface area contributed by atoms with Gasteiger partial charge in [-0.3, -0.25) is 4.79 Å². The van der Waals surface area contributed by atoms with Crippen LogP contribution in [0, 0.1) is 6.92 Å². The van der Waals surface area contributed by atoms with Crippen LogP contribution in [0.2, 0.25) is 0 Å². The minimum Gasteiger partial charge on any atom is -0.366 e. The molecule has 0 aliphatic heterocycles. The Kier molecular flexibility index (Phi) is 2.53. The van der Waals surface area contributed by atoms with Gasteiger partial charge in [-0.15, -0.1) is 0 Å². The molecule has 2 N–H and O–H groups in total. The van der Waals surface area contributed by atoms with E-state index in [4.69, 9.17) is 5.73 Å². The lowest BCUT2D eigenvalue weighted by Gasteiger charge is -1.91. The summed E-state index contributed by atoms with van der Waals surface area (Å²) in [7, 11) is 0. The highest BCUT2D eigenvalue weighted by Gasteiger charge is 1.89. The molecule has 1 aromatic rings. The standard InChI is InChI=1S/C8H9N3O/c1-6-10-4-7(5-11-6)2-3-8(9)12/h2-5H,1H3,(H2,9,12). The number of hydrogen-bond donors (Lipinski definition) is 1. The van der Waals surface area contributed by atoms with Crippen LogP contribution in [-0.2, 0) is 4.79 Å². The normalized spacial score (nSPS) is 10.4. The van der Waals surface area contributed by atoms with E-state index in [-0.39, 0.29) is 0 Å². The van der Waals surface area contributed by atoms with Crippen molar-refractivity contribution in [2.45, 2.75) is 6.92 Å². The number of carbonyl (C=O) groups is 1. The molecule has 1 heterocycles. The molecule has 12 heavy (non-hydrogen) atoms. The molecular weight excluding hydrogens is 154 g/mol. The molecular formula is C8H9N3O. The average Bonchev–Trinajstić information content (AvgIpc) is 2.03. The van der Waals surface area contributed by atoms with Crippen LogP contribution in [0.1, 0.15) is 11.4 Å². The van der Waals surface area contributed by atoms with E-state index in [1.807, 2.05) is 0 Å². The van der Waals surface area contributed by atoms with Crippen molar-refractivity contribution in [1.29, 1.82) is 0 Å². The molecule has 0 atom stereocenters. The first-order valence-corrected chi connectivity index (χ1v) is 3.44. The summed E-state index contributed by atoms with van der Waals surface area (Å²) in [6, 6.07) is 0. The van der Waals surface area contributed by atoms with E-state index in [9.17, 15) is 4.79 Å². The van der Waals surface area contributed by atoms with E-state index in [2.05, 4.69) is 9.97 Å². The highest BCUT2D eigenvalue weighted by atomic mass is 16.1.